The van der Waals surface area contributed by atoms with Gasteiger partial charge in [0.1, 0.15) is 5.75 Å². The van der Waals surface area contributed by atoms with Crippen LogP contribution in [0.2, 0.25) is 0 Å². The molecule has 1 aromatic rings. The Kier molecular flexibility index (Phi) is 4.91. The Hall–Kier alpha value is -2.17. The van der Waals surface area contributed by atoms with E-state index >= 15 is 0 Å². The van der Waals surface area contributed by atoms with Gasteiger partial charge in [0.25, 0.3) is 11.8 Å². The fourth-order valence-electron chi connectivity index (χ4n) is 2.99. The third kappa shape index (κ3) is 3.67. The summed E-state index contributed by atoms with van der Waals surface area (Å²) in [6.45, 7) is 0.112. The van der Waals surface area contributed by atoms with Gasteiger partial charge in [-0.2, -0.15) is 0 Å². The van der Waals surface area contributed by atoms with E-state index in [1.165, 1.54) is 25.1 Å². The number of ether oxygens (including phenoxy) is 1. The topological polar surface area (TPSA) is 116 Å². The zero-order valence-electron chi connectivity index (χ0n) is 14.5. The molecule has 0 radical (unpaired) electrons. The molecular formula is C16H21N3O6S. The van der Waals surface area contributed by atoms with E-state index in [4.69, 9.17) is 4.74 Å². The van der Waals surface area contributed by atoms with Crippen LogP contribution in [0.25, 0.3) is 0 Å². The van der Waals surface area contributed by atoms with Crippen molar-refractivity contribution in [2.45, 2.75) is 6.10 Å². The first-order chi connectivity index (χ1) is 12.2. The summed E-state index contributed by atoms with van der Waals surface area (Å²) in [4.78, 5) is 25.4. The number of aliphatic hydroxyl groups excluding tert-OH is 1. The summed E-state index contributed by atoms with van der Waals surface area (Å²) >= 11 is 0. The number of rotatable bonds is 4. The molecule has 26 heavy (non-hydrogen) atoms. The van der Waals surface area contributed by atoms with Crippen LogP contribution in [0.1, 0.15) is 10.4 Å². The number of β-amino-alcohol motifs (C(OH)–C–C–N with tert-alkyl or cyclic N) is 1. The highest BCUT2D eigenvalue weighted by Gasteiger charge is 2.37. The Bertz CT molecular complexity index is 838. The van der Waals surface area contributed by atoms with E-state index in [1.807, 2.05) is 0 Å². The third-order valence-electron chi connectivity index (χ3n) is 4.54. The molecule has 2 aliphatic rings. The lowest BCUT2D eigenvalue weighted by atomic mass is 10.1. The van der Waals surface area contributed by atoms with E-state index in [-0.39, 0.29) is 37.3 Å². The standard InChI is InChI=1S/C16H21N3O6S/c1-18(2)26(23,24)9-11-6-19(7-13(11)20)16(22)10-3-4-12-14(5-10)25-8-15(21)17-12/h3-5,11,13,20H,6-9H2,1-2H3,(H,17,21)/t11-,13-/m0/s1. The first-order valence-corrected chi connectivity index (χ1v) is 9.72. The zero-order chi connectivity index (χ0) is 19.1. The lowest BCUT2D eigenvalue weighted by Gasteiger charge is -2.20. The van der Waals surface area contributed by atoms with Gasteiger partial charge in [0.15, 0.2) is 6.61 Å². The molecule has 2 amide bonds. The molecule has 2 heterocycles. The van der Waals surface area contributed by atoms with Crippen molar-refractivity contribution in [2.75, 3.05) is 44.9 Å². The van der Waals surface area contributed by atoms with E-state index in [0.717, 1.165) is 4.31 Å². The van der Waals surface area contributed by atoms with Crippen LogP contribution >= 0.6 is 0 Å². The van der Waals surface area contributed by atoms with Gasteiger partial charge in [0.05, 0.1) is 17.5 Å². The molecule has 2 atom stereocenters. The average molecular weight is 383 g/mol. The summed E-state index contributed by atoms with van der Waals surface area (Å²) in [5.74, 6) is -0.938. The second-order valence-electron chi connectivity index (χ2n) is 6.65. The van der Waals surface area contributed by atoms with Gasteiger partial charge in [-0.05, 0) is 18.2 Å². The van der Waals surface area contributed by atoms with Crippen LogP contribution in [-0.2, 0) is 14.8 Å². The van der Waals surface area contributed by atoms with Gasteiger partial charge < -0.3 is 20.1 Å². The normalized spacial score (nSPS) is 22.8. The largest absolute Gasteiger partial charge is 0.482 e. The SMILES string of the molecule is CN(C)S(=O)(=O)C[C@@H]1CN(C(=O)c2ccc3c(c2)OCC(=O)N3)C[C@@H]1O. The minimum atomic E-state index is -3.47. The number of nitrogens with one attached hydrogen (secondary N) is 1. The predicted octanol–water partition coefficient (Wildman–Crippen LogP) is -0.658. The number of carbonyl (C=O) groups is 2. The molecule has 9 nitrogen and oxygen atoms in total. The van der Waals surface area contributed by atoms with Crippen LogP contribution in [-0.4, -0.2) is 80.2 Å². The third-order valence-corrected chi connectivity index (χ3v) is 6.50. The van der Waals surface area contributed by atoms with Crippen molar-refractivity contribution in [3.8, 4) is 5.75 Å². The van der Waals surface area contributed by atoms with Gasteiger partial charge in [-0.3, -0.25) is 9.59 Å². The van der Waals surface area contributed by atoms with Gasteiger partial charge in [-0.15, -0.1) is 0 Å². The molecule has 2 aliphatic heterocycles. The van der Waals surface area contributed by atoms with Gasteiger partial charge in [0, 0.05) is 38.7 Å². The maximum Gasteiger partial charge on any atom is 0.262 e. The van der Waals surface area contributed by atoms with Gasteiger partial charge in [0.2, 0.25) is 10.0 Å². The average Bonchev–Trinajstić information content (AvgIpc) is 2.93. The summed E-state index contributed by atoms with van der Waals surface area (Å²) in [6.07, 6.45) is -0.901. The highest BCUT2D eigenvalue weighted by atomic mass is 32.2. The number of fused-ring (bicyclic) bond motifs is 1. The Morgan fingerprint density at radius 2 is 2.12 bits per heavy atom. The van der Waals surface area contributed by atoms with Crippen LogP contribution in [0.4, 0.5) is 5.69 Å². The molecular weight excluding hydrogens is 362 g/mol. The maximum atomic E-state index is 12.7. The summed E-state index contributed by atoms with van der Waals surface area (Å²) in [5.41, 5.74) is 0.845. The van der Waals surface area contributed by atoms with Gasteiger partial charge in [-0.1, -0.05) is 0 Å². The van der Waals surface area contributed by atoms with E-state index in [9.17, 15) is 23.1 Å². The number of amides is 2. The molecule has 10 heteroatoms. The Morgan fingerprint density at radius 3 is 2.81 bits per heavy atom. The lowest BCUT2D eigenvalue weighted by Crippen LogP contribution is -2.33. The van der Waals surface area contributed by atoms with Crippen LogP contribution in [0.15, 0.2) is 18.2 Å². The first-order valence-electron chi connectivity index (χ1n) is 8.11. The fraction of sp³-hybridized carbons (Fsp3) is 0.500. The van der Waals surface area contributed by atoms with Crippen molar-refractivity contribution >= 4 is 27.5 Å². The molecule has 3 rings (SSSR count). The molecule has 1 saturated heterocycles. The van der Waals surface area contributed by atoms with E-state index in [2.05, 4.69) is 5.32 Å². The highest BCUT2D eigenvalue weighted by molar-refractivity contribution is 7.89. The minimum Gasteiger partial charge on any atom is -0.482 e. The molecule has 0 aromatic heterocycles. The zero-order valence-corrected chi connectivity index (χ0v) is 15.3. The molecule has 1 aromatic carbocycles. The molecule has 0 spiro atoms. The van der Waals surface area contributed by atoms with E-state index < -0.39 is 22.0 Å². The number of aliphatic hydroxyl groups is 1. The molecule has 2 N–H and O–H groups in total. The summed E-state index contributed by atoms with van der Waals surface area (Å²) in [5, 5.41) is 12.8. The van der Waals surface area contributed by atoms with Crippen LogP contribution in [0.3, 0.4) is 0 Å². The maximum absolute atomic E-state index is 12.7. The second kappa shape index (κ2) is 6.86. The molecule has 0 aliphatic carbocycles. The van der Waals surface area contributed by atoms with Crippen LogP contribution in [0, 0.1) is 5.92 Å². The van der Waals surface area contributed by atoms with E-state index in [1.54, 1.807) is 12.1 Å². The molecule has 142 valence electrons. The van der Waals surface area contributed by atoms with Gasteiger partial charge in [-0.25, -0.2) is 12.7 Å². The number of nitrogens with zero attached hydrogens (tertiary/aromatic N) is 2. The van der Waals surface area contributed by atoms with Crippen molar-refractivity contribution in [2.24, 2.45) is 5.92 Å². The lowest BCUT2D eigenvalue weighted by molar-refractivity contribution is -0.118. The van der Waals surface area contributed by atoms with Crippen molar-refractivity contribution < 1.29 is 27.9 Å². The Labute approximate surface area is 151 Å². The van der Waals surface area contributed by atoms with Crippen molar-refractivity contribution in [3.05, 3.63) is 23.8 Å². The number of sulfonamides is 1. The second-order valence-corrected chi connectivity index (χ2v) is 8.87. The quantitative estimate of drug-likeness (QED) is 0.713. The number of hydrogen-bond acceptors (Lipinski definition) is 6. The predicted molar refractivity (Wildman–Crippen MR) is 93.4 cm³/mol. The highest BCUT2D eigenvalue weighted by Crippen LogP contribution is 2.30. The Balaban J connectivity index is 1.72. The molecule has 1 fully saturated rings. The van der Waals surface area contributed by atoms with Crippen LogP contribution < -0.4 is 10.1 Å². The molecule has 0 bridgehead atoms. The number of benzene rings is 1. The van der Waals surface area contributed by atoms with Crippen molar-refractivity contribution in [1.29, 1.82) is 0 Å². The fourth-order valence-corrected chi connectivity index (χ4v) is 4.16. The molecule has 0 unspecified atom stereocenters. The minimum absolute atomic E-state index is 0.0706. The summed E-state index contributed by atoms with van der Waals surface area (Å²) < 4.78 is 30.5. The molecule has 0 saturated carbocycles. The number of hydrogen-bond donors (Lipinski definition) is 2. The van der Waals surface area contributed by atoms with E-state index in [0.29, 0.717) is 17.0 Å². The number of carbonyl (C=O) groups excluding carboxylic acids is 2. The summed E-state index contributed by atoms with van der Waals surface area (Å²) in [7, 11) is -0.598. The van der Waals surface area contributed by atoms with Gasteiger partial charge >= 0.3 is 0 Å². The first kappa shape index (κ1) is 18.6. The number of likely N-dealkylation sites (tertiary alicyclic amines) is 1. The monoisotopic (exact) mass is 383 g/mol. The van der Waals surface area contributed by atoms with Crippen molar-refractivity contribution in [3.63, 3.8) is 0 Å². The summed E-state index contributed by atoms with van der Waals surface area (Å²) in [6, 6.07) is 4.68. The van der Waals surface area contributed by atoms with Crippen molar-refractivity contribution in [1.82, 2.24) is 9.21 Å². The smallest absolute Gasteiger partial charge is 0.262 e. The van der Waals surface area contributed by atoms with Crippen LogP contribution in [0.5, 0.6) is 5.75 Å². The number of anilines is 1. The Morgan fingerprint density at radius 1 is 1.38 bits per heavy atom.